The lowest BCUT2D eigenvalue weighted by molar-refractivity contribution is 0.199. The molecule has 0 fully saturated rings. The van der Waals surface area contributed by atoms with Crippen LogP contribution in [0, 0.1) is 0 Å². The number of nitrogens with zero attached hydrogens (tertiary/aromatic N) is 1. The molecule has 1 aromatic rings. The molecule has 1 unspecified atom stereocenters. The van der Waals surface area contributed by atoms with Gasteiger partial charge in [0.25, 0.3) is 0 Å². The van der Waals surface area contributed by atoms with Gasteiger partial charge in [0.05, 0.1) is 6.10 Å². The molecular formula is C11H17NOS. The van der Waals surface area contributed by atoms with Crippen LogP contribution in [0.3, 0.4) is 0 Å². The molecule has 0 aliphatic carbocycles. The van der Waals surface area contributed by atoms with Crippen molar-refractivity contribution in [2.75, 3.05) is 11.5 Å². The fourth-order valence-corrected chi connectivity index (χ4v) is 2.03. The van der Waals surface area contributed by atoms with E-state index in [4.69, 9.17) is 0 Å². The van der Waals surface area contributed by atoms with Gasteiger partial charge >= 0.3 is 0 Å². The molecule has 0 bridgehead atoms. The molecule has 0 aliphatic rings. The molecule has 14 heavy (non-hydrogen) atoms. The maximum absolute atomic E-state index is 9.67. The van der Waals surface area contributed by atoms with E-state index in [0.29, 0.717) is 6.42 Å². The normalized spacial score (nSPS) is 12.7. The predicted octanol–water partition coefficient (Wildman–Crippen LogP) is 2.13. The standard InChI is InChI=1S/C11H17NOS/c1-2-7-14-9-11(13)8-10-5-3-4-6-12-10/h3-6,11,13H,2,7-9H2,1H3. The zero-order valence-electron chi connectivity index (χ0n) is 8.52. The van der Waals surface area contributed by atoms with Crippen LogP contribution in [0.1, 0.15) is 19.0 Å². The van der Waals surface area contributed by atoms with Crippen molar-refractivity contribution in [3.63, 3.8) is 0 Å². The van der Waals surface area contributed by atoms with Crippen molar-refractivity contribution in [2.45, 2.75) is 25.9 Å². The minimum atomic E-state index is -0.263. The molecule has 0 saturated heterocycles. The highest BCUT2D eigenvalue weighted by Gasteiger charge is 2.05. The number of aliphatic hydroxyl groups is 1. The molecule has 0 saturated carbocycles. The van der Waals surface area contributed by atoms with Crippen molar-refractivity contribution in [2.24, 2.45) is 0 Å². The number of hydrogen-bond donors (Lipinski definition) is 1. The Morgan fingerprint density at radius 1 is 1.50 bits per heavy atom. The molecule has 1 atom stereocenters. The van der Waals surface area contributed by atoms with Crippen LogP contribution < -0.4 is 0 Å². The minimum Gasteiger partial charge on any atom is -0.392 e. The van der Waals surface area contributed by atoms with E-state index in [2.05, 4.69) is 11.9 Å². The number of thioether (sulfide) groups is 1. The van der Waals surface area contributed by atoms with Gasteiger partial charge in [-0.1, -0.05) is 13.0 Å². The van der Waals surface area contributed by atoms with Crippen LogP contribution in [0.25, 0.3) is 0 Å². The fourth-order valence-electron chi connectivity index (χ4n) is 1.18. The van der Waals surface area contributed by atoms with Gasteiger partial charge in [0.1, 0.15) is 0 Å². The van der Waals surface area contributed by atoms with Gasteiger partial charge in [-0.2, -0.15) is 11.8 Å². The van der Waals surface area contributed by atoms with E-state index in [9.17, 15) is 5.11 Å². The largest absolute Gasteiger partial charge is 0.392 e. The summed E-state index contributed by atoms with van der Waals surface area (Å²) in [4.78, 5) is 4.18. The second-order valence-electron chi connectivity index (χ2n) is 3.25. The first kappa shape index (κ1) is 11.5. The van der Waals surface area contributed by atoms with Gasteiger partial charge in [0.15, 0.2) is 0 Å². The molecule has 0 aromatic carbocycles. The molecule has 3 heteroatoms. The van der Waals surface area contributed by atoms with Crippen LogP contribution in [0.4, 0.5) is 0 Å². The Kier molecular flexibility index (Phi) is 5.64. The third kappa shape index (κ3) is 4.63. The van der Waals surface area contributed by atoms with Gasteiger partial charge in [0.2, 0.25) is 0 Å². The fraction of sp³-hybridized carbons (Fsp3) is 0.545. The van der Waals surface area contributed by atoms with Crippen LogP contribution in [0.5, 0.6) is 0 Å². The summed E-state index contributed by atoms with van der Waals surface area (Å²) in [5.41, 5.74) is 0.970. The Hall–Kier alpha value is -0.540. The average Bonchev–Trinajstić information content (AvgIpc) is 2.20. The topological polar surface area (TPSA) is 33.1 Å². The van der Waals surface area contributed by atoms with E-state index >= 15 is 0 Å². The van der Waals surface area contributed by atoms with Gasteiger partial charge in [-0.25, -0.2) is 0 Å². The lowest BCUT2D eigenvalue weighted by Gasteiger charge is -2.08. The highest BCUT2D eigenvalue weighted by atomic mass is 32.2. The van der Waals surface area contributed by atoms with E-state index in [1.165, 1.54) is 6.42 Å². The summed E-state index contributed by atoms with van der Waals surface area (Å²) in [5, 5.41) is 9.67. The summed E-state index contributed by atoms with van der Waals surface area (Å²) in [6, 6.07) is 5.80. The molecule has 0 aliphatic heterocycles. The smallest absolute Gasteiger partial charge is 0.0685 e. The molecule has 2 nitrogen and oxygen atoms in total. The molecule has 1 N–H and O–H groups in total. The van der Waals surface area contributed by atoms with Crippen LogP contribution in [-0.4, -0.2) is 27.7 Å². The van der Waals surface area contributed by atoms with Crippen molar-refractivity contribution in [1.82, 2.24) is 4.98 Å². The summed E-state index contributed by atoms with van der Waals surface area (Å²) in [5.74, 6) is 1.93. The van der Waals surface area contributed by atoms with Gasteiger partial charge < -0.3 is 5.11 Å². The highest BCUT2D eigenvalue weighted by Crippen LogP contribution is 2.08. The molecule has 1 aromatic heterocycles. The van der Waals surface area contributed by atoms with Crippen LogP contribution in [-0.2, 0) is 6.42 Å². The second-order valence-corrected chi connectivity index (χ2v) is 4.40. The van der Waals surface area contributed by atoms with Gasteiger partial charge in [-0.3, -0.25) is 4.98 Å². The maximum atomic E-state index is 9.67. The summed E-state index contributed by atoms with van der Waals surface area (Å²) >= 11 is 1.80. The summed E-state index contributed by atoms with van der Waals surface area (Å²) < 4.78 is 0. The zero-order chi connectivity index (χ0) is 10.2. The lowest BCUT2D eigenvalue weighted by Crippen LogP contribution is -2.14. The first-order chi connectivity index (χ1) is 6.83. The number of pyridine rings is 1. The first-order valence-corrected chi connectivity index (χ1v) is 6.14. The Bertz CT molecular complexity index is 240. The summed E-state index contributed by atoms with van der Waals surface area (Å²) in [6.45, 7) is 2.15. The Balaban J connectivity index is 2.23. The van der Waals surface area contributed by atoms with Crippen molar-refractivity contribution in [3.8, 4) is 0 Å². The van der Waals surface area contributed by atoms with Gasteiger partial charge in [-0.15, -0.1) is 0 Å². The van der Waals surface area contributed by atoms with Crippen molar-refractivity contribution >= 4 is 11.8 Å². The Morgan fingerprint density at radius 3 is 3.00 bits per heavy atom. The molecule has 1 heterocycles. The lowest BCUT2D eigenvalue weighted by atomic mass is 10.2. The molecule has 1 rings (SSSR count). The quantitative estimate of drug-likeness (QED) is 0.732. The second kappa shape index (κ2) is 6.85. The monoisotopic (exact) mass is 211 g/mol. The van der Waals surface area contributed by atoms with E-state index in [1.807, 2.05) is 18.2 Å². The van der Waals surface area contributed by atoms with Crippen LogP contribution in [0.15, 0.2) is 24.4 Å². The first-order valence-electron chi connectivity index (χ1n) is 4.98. The summed E-state index contributed by atoms with van der Waals surface area (Å²) in [6.07, 6.45) is 3.33. The Morgan fingerprint density at radius 2 is 2.36 bits per heavy atom. The zero-order valence-corrected chi connectivity index (χ0v) is 9.33. The predicted molar refractivity (Wildman–Crippen MR) is 61.6 cm³/mol. The molecule has 0 spiro atoms. The molecule has 0 amide bonds. The number of aromatic nitrogens is 1. The molecular weight excluding hydrogens is 194 g/mol. The third-order valence-corrected chi connectivity index (χ3v) is 3.15. The minimum absolute atomic E-state index is 0.263. The Labute approximate surface area is 89.8 Å². The number of rotatable bonds is 6. The van der Waals surface area contributed by atoms with E-state index in [-0.39, 0.29) is 6.10 Å². The SMILES string of the molecule is CCCSCC(O)Cc1ccccn1. The average molecular weight is 211 g/mol. The van der Waals surface area contributed by atoms with Crippen molar-refractivity contribution in [1.29, 1.82) is 0 Å². The maximum Gasteiger partial charge on any atom is 0.0685 e. The molecule has 78 valence electrons. The number of aliphatic hydroxyl groups excluding tert-OH is 1. The van der Waals surface area contributed by atoms with Crippen molar-refractivity contribution < 1.29 is 5.11 Å². The van der Waals surface area contributed by atoms with E-state index in [1.54, 1.807) is 18.0 Å². The van der Waals surface area contributed by atoms with Crippen molar-refractivity contribution in [3.05, 3.63) is 30.1 Å². The van der Waals surface area contributed by atoms with Crippen LogP contribution >= 0.6 is 11.8 Å². The summed E-state index contributed by atoms with van der Waals surface area (Å²) in [7, 11) is 0. The number of hydrogen-bond acceptors (Lipinski definition) is 3. The highest BCUT2D eigenvalue weighted by molar-refractivity contribution is 7.99. The van der Waals surface area contributed by atoms with E-state index in [0.717, 1.165) is 17.2 Å². The molecule has 0 radical (unpaired) electrons. The van der Waals surface area contributed by atoms with Crippen LogP contribution in [0.2, 0.25) is 0 Å². The van der Waals surface area contributed by atoms with E-state index < -0.39 is 0 Å². The third-order valence-electron chi connectivity index (χ3n) is 1.83. The van der Waals surface area contributed by atoms with Gasteiger partial charge in [0, 0.05) is 24.1 Å². The van der Waals surface area contributed by atoms with Gasteiger partial charge in [-0.05, 0) is 24.3 Å².